The molecule has 0 aliphatic heterocycles. The molecule has 4 rings (SSSR count). The van der Waals surface area contributed by atoms with E-state index in [0.29, 0.717) is 5.56 Å². The predicted molar refractivity (Wildman–Crippen MR) is 103 cm³/mol. The highest BCUT2D eigenvalue weighted by molar-refractivity contribution is 6.06. The van der Waals surface area contributed by atoms with Gasteiger partial charge in [0, 0.05) is 11.3 Å². The van der Waals surface area contributed by atoms with E-state index in [4.69, 9.17) is 0 Å². The molecule has 4 nitrogen and oxygen atoms in total. The molecule has 3 aromatic carbocycles. The number of nitrogens with zero attached hydrogens (tertiary/aromatic N) is 2. The van der Waals surface area contributed by atoms with Gasteiger partial charge in [-0.25, -0.2) is 4.98 Å². The number of para-hydroxylation sites is 2. The van der Waals surface area contributed by atoms with Crippen LogP contribution in [0.3, 0.4) is 0 Å². The number of imidazole rings is 1. The topological polar surface area (TPSA) is 55.1 Å². The van der Waals surface area contributed by atoms with Gasteiger partial charge in [0.25, 0.3) is 0 Å². The summed E-state index contributed by atoms with van der Waals surface area (Å²) in [5, 5.41) is 9.47. The molecule has 0 aliphatic carbocycles. The van der Waals surface area contributed by atoms with Gasteiger partial charge in [0.15, 0.2) is 5.78 Å². The summed E-state index contributed by atoms with van der Waals surface area (Å²) in [6.07, 6.45) is 4.99. The molecule has 1 heterocycles. The van der Waals surface area contributed by atoms with Gasteiger partial charge < -0.3 is 5.11 Å². The van der Waals surface area contributed by atoms with Gasteiger partial charge in [-0.3, -0.25) is 9.36 Å². The number of carbonyl (C=O) groups excluding carboxylic acids is 1. The number of hydrogen-bond donors (Lipinski definition) is 1. The molecular formula is C22H16N2O2. The first-order valence-corrected chi connectivity index (χ1v) is 8.25. The van der Waals surface area contributed by atoms with Gasteiger partial charge >= 0.3 is 0 Å². The second-order valence-electron chi connectivity index (χ2n) is 5.94. The van der Waals surface area contributed by atoms with E-state index in [1.165, 1.54) is 6.08 Å². The Kier molecular flexibility index (Phi) is 4.07. The number of hydrogen-bond acceptors (Lipinski definition) is 3. The van der Waals surface area contributed by atoms with Crippen molar-refractivity contribution in [1.82, 2.24) is 9.55 Å². The van der Waals surface area contributed by atoms with Crippen molar-refractivity contribution in [3.63, 3.8) is 0 Å². The molecule has 0 amide bonds. The van der Waals surface area contributed by atoms with E-state index in [2.05, 4.69) is 4.98 Å². The Labute approximate surface area is 150 Å². The number of benzene rings is 3. The zero-order chi connectivity index (χ0) is 17.9. The van der Waals surface area contributed by atoms with Crippen LogP contribution in [0.2, 0.25) is 0 Å². The van der Waals surface area contributed by atoms with Gasteiger partial charge in [0.2, 0.25) is 0 Å². The van der Waals surface area contributed by atoms with E-state index in [1.807, 2.05) is 47.0 Å². The number of allylic oxidation sites excluding steroid dienone is 1. The molecule has 0 radical (unpaired) electrons. The van der Waals surface area contributed by atoms with Crippen molar-refractivity contribution in [3.8, 4) is 11.4 Å². The molecule has 26 heavy (non-hydrogen) atoms. The summed E-state index contributed by atoms with van der Waals surface area (Å²) < 4.78 is 1.99. The summed E-state index contributed by atoms with van der Waals surface area (Å²) in [5.41, 5.74) is 4.29. The number of carbonyl (C=O) groups is 1. The zero-order valence-electron chi connectivity index (χ0n) is 13.9. The second-order valence-corrected chi connectivity index (χ2v) is 5.94. The molecule has 1 N–H and O–H groups in total. The fourth-order valence-corrected chi connectivity index (χ4v) is 2.85. The van der Waals surface area contributed by atoms with Crippen LogP contribution in [0.25, 0.3) is 22.8 Å². The maximum atomic E-state index is 12.3. The minimum absolute atomic E-state index is 0.0876. The molecule has 4 aromatic rings. The van der Waals surface area contributed by atoms with Crippen LogP contribution in [0.1, 0.15) is 15.9 Å². The molecule has 0 fully saturated rings. The molecular weight excluding hydrogens is 324 g/mol. The monoisotopic (exact) mass is 340 g/mol. The van der Waals surface area contributed by atoms with Crippen molar-refractivity contribution in [2.45, 2.75) is 0 Å². The van der Waals surface area contributed by atoms with Crippen molar-refractivity contribution in [2.24, 2.45) is 0 Å². The van der Waals surface area contributed by atoms with Gasteiger partial charge in [-0.05, 0) is 60.2 Å². The maximum absolute atomic E-state index is 12.3. The van der Waals surface area contributed by atoms with Crippen LogP contribution in [0.4, 0.5) is 0 Å². The highest BCUT2D eigenvalue weighted by Gasteiger charge is 2.06. The Balaban J connectivity index is 1.57. The number of fused-ring (bicyclic) bond motifs is 1. The minimum atomic E-state index is -0.0876. The summed E-state index contributed by atoms with van der Waals surface area (Å²) in [4.78, 5) is 16.7. The van der Waals surface area contributed by atoms with E-state index in [1.54, 1.807) is 42.7 Å². The number of rotatable bonds is 4. The van der Waals surface area contributed by atoms with Crippen molar-refractivity contribution in [2.75, 3.05) is 0 Å². The van der Waals surface area contributed by atoms with Gasteiger partial charge in [-0.15, -0.1) is 0 Å². The molecule has 0 aliphatic rings. The van der Waals surface area contributed by atoms with Crippen LogP contribution in [-0.4, -0.2) is 20.4 Å². The van der Waals surface area contributed by atoms with E-state index in [0.717, 1.165) is 22.3 Å². The first-order chi connectivity index (χ1) is 12.7. The Morgan fingerprint density at radius 2 is 1.77 bits per heavy atom. The fraction of sp³-hybridized carbons (Fsp3) is 0. The van der Waals surface area contributed by atoms with E-state index in [9.17, 15) is 9.90 Å². The third-order valence-electron chi connectivity index (χ3n) is 4.18. The van der Waals surface area contributed by atoms with Gasteiger partial charge in [0.1, 0.15) is 12.1 Å². The summed E-state index contributed by atoms with van der Waals surface area (Å²) in [5.74, 6) is 0.0897. The average Bonchev–Trinajstić information content (AvgIpc) is 3.10. The molecule has 1 aromatic heterocycles. The second kappa shape index (κ2) is 6.69. The highest BCUT2D eigenvalue weighted by Crippen LogP contribution is 2.19. The van der Waals surface area contributed by atoms with Crippen LogP contribution < -0.4 is 0 Å². The van der Waals surface area contributed by atoms with Crippen molar-refractivity contribution in [3.05, 3.63) is 96.3 Å². The predicted octanol–water partition coefficient (Wildman–Crippen LogP) is 4.63. The molecule has 0 spiro atoms. The van der Waals surface area contributed by atoms with Gasteiger partial charge in [0.05, 0.1) is 11.0 Å². The van der Waals surface area contributed by atoms with E-state index < -0.39 is 0 Å². The van der Waals surface area contributed by atoms with Crippen LogP contribution >= 0.6 is 0 Å². The Morgan fingerprint density at radius 1 is 0.962 bits per heavy atom. The maximum Gasteiger partial charge on any atom is 0.185 e. The molecule has 0 atom stereocenters. The van der Waals surface area contributed by atoms with Gasteiger partial charge in [-0.2, -0.15) is 0 Å². The quantitative estimate of drug-likeness (QED) is 0.435. The van der Waals surface area contributed by atoms with Crippen LogP contribution in [0, 0.1) is 0 Å². The Morgan fingerprint density at radius 3 is 2.58 bits per heavy atom. The van der Waals surface area contributed by atoms with Crippen LogP contribution in [0.5, 0.6) is 5.75 Å². The number of phenolic OH excluding ortho intramolecular Hbond substituents is 1. The lowest BCUT2D eigenvalue weighted by atomic mass is 10.1. The SMILES string of the molecule is O=C(/C=C/c1cccc(O)c1)c1ccc(-n2cnc3ccccc32)cc1. The lowest BCUT2D eigenvalue weighted by Crippen LogP contribution is -1.96. The lowest BCUT2D eigenvalue weighted by molar-refractivity contribution is 0.104. The summed E-state index contributed by atoms with van der Waals surface area (Å²) >= 11 is 0. The molecule has 0 unspecified atom stereocenters. The van der Waals surface area contributed by atoms with Crippen LogP contribution in [-0.2, 0) is 0 Å². The van der Waals surface area contributed by atoms with Crippen molar-refractivity contribution < 1.29 is 9.90 Å². The van der Waals surface area contributed by atoms with E-state index in [-0.39, 0.29) is 11.5 Å². The number of ketones is 1. The zero-order valence-corrected chi connectivity index (χ0v) is 13.9. The number of aromatic hydroxyl groups is 1. The van der Waals surface area contributed by atoms with E-state index >= 15 is 0 Å². The van der Waals surface area contributed by atoms with Crippen molar-refractivity contribution >= 4 is 22.9 Å². The van der Waals surface area contributed by atoms with Crippen LogP contribution in [0.15, 0.2) is 85.2 Å². The fourth-order valence-electron chi connectivity index (χ4n) is 2.85. The average molecular weight is 340 g/mol. The Bertz CT molecular complexity index is 1110. The summed E-state index contributed by atoms with van der Waals surface area (Å²) in [7, 11) is 0. The smallest absolute Gasteiger partial charge is 0.185 e. The first kappa shape index (κ1) is 15.8. The standard InChI is InChI=1S/C22H16N2O2/c25-19-5-3-4-16(14-19)8-13-22(26)17-9-11-18(12-10-17)24-15-23-20-6-1-2-7-21(20)24/h1-15,25H/b13-8+. The molecule has 126 valence electrons. The lowest BCUT2D eigenvalue weighted by Gasteiger charge is -2.05. The third-order valence-corrected chi connectivity index (χ3v) is 4.18. The Hall–Kier alpha value is -3.66. The molecule has 0 saturated heterocycles. The normalized spacial score (nSPS) is 11.2. The molecule has 0 saturated carbocycles. The third kappa shape index (κ3) is 3.13. The highest BCUT2D eigenvalue weighted by atomic mass is 16.3. The summed E-state index contributed by atoms with van der Waals surface area (Å²) in [6.45, 7) is 0. The van der Waals surface area contributed by atoms with Crippen molar-refractivity contribution in [1.29, 1.82) is 0 Å². The molecule has 0 bridgehead atoms. The minimum Gasteiger partial charge on any atom is -0.508 e. The number of phenols is 1. The number of aromatic nitrogens is 2. The summed E-state index contributed by atoms with van der Waals surface area (Å²) in [6, 6.07) is 22.1. The largest absolute Gasteiger partial charge is 0.508 e. The molecule has 4 heteroatoms. The first-order valence-electron chi connectivity index (χ1n) is 8.25. The van der Waals surface area contributed by atoms with Gasteiger partial charge in [-0.1, -0.05) is 30.3 Å².